The van der Waals surface area contributed by atoms with Gasteiger partial charge in [-0.25, -0.2) is 0 Å². The lowest BCUT2D eigenvalue weighted by molar-refractivity contribution is 0.0651. The van der Waals surface area contributed by atoms with E-state index in [4.69, 9.17) is 5.73 Å². The Bertz CT molecular complexity index is 434. The van der Waals surface area contributed by atoms with Crippen LogP contribution >= 0.6 is 0 Å². The first-order valence-corrected chi connectivity index (χ1v) is 6.32. The highest BCUT2D eigenvalue weighted by Crippen LogP contribution is 2.22. The Labute approximate surface area is 107 Å². The summed E-state index contributed by atoms with van der Waals surface area (Å²) in [6.45, 7) is 2.45. The summed E-state index contributed by atoms with van der Waals surface area (Å²) in [7, 11) is 0. The summed E-state index contributed by atoms with van der Waals surface area (Å²) in [4.78, 5) is 25.4. The largest absolute Gasteiger partial charge is 0.328 e. The minimum Gasteiger partial charge on any atom is -0.328 e. The van der Waals surface area contributed by atoms with Crippen LogP contribution in [0.5, 0.6) is 0 Å². The Kier molecular flexibility index (Phi) is 3.77. The van der Waals surface area contributed by atoms with E-state index in [0.717, 1.165) is 19.3 Å². The van der Waals surface area contributed by atoms with Gasteiger partial charge >= 0.3 is 0 Å². The van der Waals surface area contributed by atoms with Crippen LogP contribution in [-0.4, -0.2) is 29.3 Å². The van der Waals surface area contributed by atoms with Crippen LogP contribution in [-0.2, 0) is 0 Å². The van der Waals surface area contributed by atoms with E-state index in [1.807, 2.05) is 6.92 Å². The molecule has 1 heterocycles. The number of rotatable bonds is 5. The molecule has 2 amide bonds. The second kappa shape index (κ2) is 5.31. The zero-order chi connectivity index (χ0) is 13.1. The third kappa shape index (κ3) is 2.43. The molecule has 0 aromatic heterocycles. The third-order valence-corrected chi connectivity index (χ3v) is 3.17. The predicted molar refractivity (Wildman–Crippen MR) is 69.3 cm³/mol. The van der Waals surface area contributed by atoms with Gasteiger partial charge in [0.15, 0.2) is 0 Å². The number of unbranched alkanes of at least 4 members (excludes halogenated alkanes) is 1. The SMILES string of the molecule is CC(N)CCCCN1C(=O)c2ccccc2C1=O. The van der Waals surface area contributed by atoms with E-state index in [1.54, 1.807) is 24.3 Å². The third-order valence-electron chi connectivity index (χ3n) is 3.17. The molecule has 1 aliphatic heterocycles. The number of amides is 2. The fourth-order valence-corrected chi connectivity index (χ4v) is 2.18. The predicted octanol–water partition coefficient (Wildman–Crippen LogP) is 1.80. The van der Waals surface area contributed by atoms with Crippen molar-refractivity contribution in [2.24, 2.45) is 5.73 Å². The molecule has 96 valence electrons. The monoisotopic (exact) mass is 246 g/mol. The van der Waals surface area contributed by atoms with Crippen molar-refractivity contribution in [3.63, 3.8) is 0 Å². The van der Waals surface area contributed by atoms with Gasteiger partial charge in [-0.2, -0.15) is 0 Å². The smallest absolute Gasteiger partial charge is 0.261 e. The molecular formula is C14H18N2O2. The molecule has 4 heteroatoms. The molecule has 1 aromatic rings. The van der Waals surface area contributed by atoms with E-state index in [0.29, 0.717) is 17.7 Å². The van der Waals surface area contributed by atoms with Gasteiger partial charge in [0.2, 0.25) is 0 Å². The number of imide groups is 1. The quantitative estimate of drug-likeness (QED) is 0.636. The lowest BCUT2D eigenvalue weighted by Crippen LogP contribution is -2.30. The van der Waals surface area contributed by atoms with Gasteiger partial charge in [0.25, 0.3) is 11.8 Å². The maximum atomic E-state index is 12.0. The fourth-order valence-electron chi connectivity index (χ4n) is 2.18. The first kappa shape index (κ1) is 12.8. The van der Waals surface area contributed by atoms with Crippen molar-refractivity contribution in [2.75, 3.05) is 6.54 Å². The van der Waals surface area contributed by atoms with E-state index in [9.17, 15) is 9.59 Å². The van der Waals surface area contributed by atoms with Crippen LogP contribution in [0.15, 0.2) is 24.3 Å². The highest BCUT2D eigenvalue weighted by Gasteiger charge is 2.34. The number of carbonyl (C=O) groups excluding carboxylic acids is 2. The normalized spacial score (nSPS) is 16.0. The van der Waals surface area contributed by atoms with Crippen molar-refractivity contribution < 1.29 is 9.59 Å². The number of nitrogens with zero attached hydrogens (tertiary/aromatic N) is 1. The summed E-state index contributed by atoms with van der Waals surface area (Å²) in [5.41, 5.74) is 6.71. The van der Waals surface area contributed by atoms with Crippen LogP contribution in [0.4, 0.5) is 0 Å². The average Bonchev–Trinajstić information content (AvgIpc) is 2.59. The van der Waals surface area contributed by atoms with E-state index in [-0.39, 0.29) is 17.9 Å². The second-order valence-electron chi connectivity index (χ2n) is 4.78. The number of carbonyl (C=O) groups is 2. The van der Waals surface area contributed by atoms with E-state index >= 15 is 0 Å². The van der Waals surface area contributed by atoms with Gasteiger partial charge in [-0.15, -0.1) is 0 Å². The summed E-state index contributed by atoms with van der Waals surface area (Å²) in [6, 6.07) is 7.15. The highest BCUT2D eigenvalue weighted by atomic mass is 16.2. The minimum absolute atomic E-state index is 0.170. The maximum Gasteiger partial charge on any atom is 0.261 e. The molecule has 1 aromatic carbocycles. The Morgan fingerprint density at radius 3 is 2.17 bits per heavy atom. The van der Waals surface area contributed by atoms with Gasteiger partial charge in [-0.05, 0) is 31.9 Å². The molecule has 18 heavy (non-hydrogen) atoms. The summed E-state index contributed by atoms with van der Waals surface area (Å²) >= 11 is 0. The number of hydrogen-bond acceptors (Lipinski definition) is 3. The summed E-state index contributed by atoms with van der Waals surface area (Å²) in [5, 5.41) is 0. The Morgan fingerprint density at radius 1 is 1.11 bits per heavy atom. The van der Waals surface area contributed by atoms with Crippen LogP contribution in [0.2, 0.25) is 0 Å². The zero-order valence-electron chi connectivity index (χ0n) is 10.6. The van der Waals surface area contributed by atoms with Crippen molar-refractivity contribution in [2.45, 2.75) is 32.2 Å². The Hall–Kier alpha value is -1.68. The molecule has 2 rings (SSSR count). The molecule has 2 N–H and O–H groups in total. The molecule has 0 aliphatic carbocycles. The summed E-state index contributed by atoms with van der Waals surface area (Å²) < 4.78 is 0. The van der Waals surface area contributed by atoms with Crippen molar-refractivity contribution in [1.29, 1.82) is 0 Å². The van der Waals surface area contributed by atoms with Gasteiger partial charge in [0.05, 0.1) is 11.1 Å². The molecule has 1 aliphatic rings. The van der Waals surface area contributed by atoms with Gasteiger partial charge in [-0.3, -0.25) is 14.5 Å². The lowest BCUT2D eigenvalue weighted by Gasteiger charge is -2.13. The molecule has 0 bridgehead atoms. The minimum atomic E-state index is -0.170. The van der Waals surface area contributed by atoms with Crippen LogP contribution in [0.25, 0.3) is 0 Å². The molecule has 0 saturated heterocycles. The molecule has 0 spiro atoms. The van der Waals surface area contributed by atoms with Gasteiger partial charge < -0.3 is 5.73 Å². The van der Waals surface area contributed by atoms with Gasteiger partial charge in [0.1, 0.15) is 0 Å². The summed E-state index contributed by atoms with van der Waals surface area (Å²) in [5.74, 6) is -0.340. The standard InChI is InChI=1S/C14H18N2O2/c1-10(15)6-4-5-9-16-13(17)11-7-2-3-8-12(11)14(16)18/h2-3,7-8,10H,4-6,9,15H2,1H3. The Balaban J connectivity index is 1.97. The van der Waals surface area contributed by atoms with Crippen molar-refractivity contribution in [3.8, 4) is 0 Å². The highest BCUT2D eigenvalue weighted by molar-refractivity contribution is 6.21. The maximum absolute atomic E-state index is 12.0. The summed E-state index contributed by atoms with van der Waals surface area (Å²) in [6.07, 6.45) is 2.67. The van der Waals surface area contributed by atoms with E-state index < -0.39 is 0 Å². The number of fused-ring (bicyclic) bond motifs is 1. The van der Waals surface area contributed by atoms with Crippen LogP contribution < -0.4 is 5.73 Å². The number of nitrogens with two attached hydrogens (primary N) is 1. The molecule has 0 saturated carbocycles. The van der Waals surface area contributed by atoms with Crippen LogP contribution in [0.3, 0.4) is 0 Å². The Morgan fingerprint density at radius 2 is 1.67 bits per heavy atom. The van der Waals surface area contributed by atoms with Crippen LogP contribution in [0.1, 0.15) is 46.9 Å². The molecule has 1 unspecified atom stereocenters. The van der Waals surface area contributed by atoms with Crippen LogP contribution in [0, 0.1) is 0 Å². The van der Waals surface area contributed by atoms with Gasteiger partial charge in [0, 0.05) is 12.6 Å². The van der Waals surface area contributed by atoms with E-state index in [1.165, 1.54) is 4.90 Å². The topological polar surface area (TPSA) is 63.4 Å². The number of hydrogen-bond donors (Lipinski definition) is 1. The number of benzene rings is 1. The fraction of sp³-hybridized carbons (Fsp3) is 0.429. The molecule has 0 radical (unpaired) electrons. The zero-order valence-corrected chi connectivity index (χ0v) is 10.6. The first-order valence-electron chi connectivity index (χ1n) is 6.32. The molecular weight excluding hydrogens is 228 g/mol. The average molecular weight is 246 g/mol. The van der Waals surface area contributed by atoms with Crippen molar-refractivity contribution >= 4 is 11.8 Å². The van der Waals surface area contributed by atoms with Crippen molar-refractivity contribution in [1.82, 2.24) is 4.90 Å². The lowest BCUT2D eigenvalue weighted by atomic mass is 10.1. The molecule has 1 atom stereocenters. The van der Waals surface area contributed by atoms with Crippen molar-refractivity contribution in [3.05, 3.63) is 35.4 Å². The van der Waals surface area contributed by atoms with Gasteiger partial charge in [-0.1, -0.05) is 18.6 Å². The second-order valence-corrected chi connectivity index (χ2v) is 4.78. The molecule has 4 nitrogen and oxygen atoms in total. The van der Waals surface area contributed by atoms with E-state index in [2.05, 4.69) is 0 Å². The molecule has 0 fully saturated rings. The first-order chi connectivity index (χ1) is 8.61.